The molecule has 0 aliphatic rings. The Hall–Kier alpha value is -0.890. The molecule has 0 spiro atoms. The first kappa shape index (κ1) is 9.66. The van der Waals surface area contributed by atoms with E-state index in [2.05, 4.69) is 37.9 Å². The molecule has 2 heterocycles. The normalized spacial score (nSPS) is 11.4. The molecule has 2 aromatic heterocycles. The second-order valence-electron chi connectivity index (χ2n) is 3.84. The quantitative estimate of drug-likeness (QED) is 0.722. The number of aromatic nitrogens is 1. The third kappa shape index (κ3) is 1.55. The predicted octanol–water partition coefficient (Wildman–Crippen LogP) is 3.98. The van der Waals surface area contributed by atoms with Crippen molar-refractivity contribution in [3.63, 3.8) is 0 Å². The number of fused-ring (bicyclic) bond motifs is 1. The Kier molecular flexibility index (Phi) is 2.55. The molecule has 1 nitrogen and oxygen atoms in total. The predicted molar refractivity (Wildman–Crippen MR) is 63.1 cm³/mol. The average Bonchev–Trinajstić information content (AvgIpc) is 2.59. The van der Waals surface area contributed by atoms with Crippen LogP contribution in [0.2, 0.25) is 0 Å². The SMILES string of the molecule is CCc1cc2nccc(C(C)C)c2s1. The van der Waals surface area contributed by atoms with Gasteiger partial charge in [-0.05, 0) is 30.0 Å². The second kappa shape index (κ2) is 3.70. The van der Waals surface area contributed by atoms with Crippen molar-refractivity contribution in [1.82, 2.24) is 4.98 Å². The summed E-state index contributed by atoms with van der Waals surface area (Å²) in [5, 5.41) is 0. The first-order chi connectivity index (χ1) is 6.72. The summed E-state index contributed by atoms with van der Waals surface area (Å²) >= 11 is 1.89. The Balaban J connectivity index is 2.66. The third-order valence-electron chi connectivity index (χ3n) is 2.46. The van der Waals surface area contributed by atoms with Crippen molar-refractivity contribution < 1.29 is 0 Å². The van der Waals surface area contributed by atoms with Crippen molar-refractivity contribution in [1.29, 1.82) is 0 Å². The van der Waals surface area contributed by atoms with E-state index in [0.717, 1.165) is 11.9 Å². The van der Waals surface area contributed by atoms with E-state index in [9.17, 15) is 0 Å². The minimum Gasteiger partial charge on any atom is -0.255 e. The topological polar surface area (TPSA) is 12.9 Å². The molecule has 2 rings (SSSR count). The molecule has 0 fully saturated rings. The van der Waals surface area contributed by atoms with E-state index in [4.69, 9.17) is 0 Å². The molecule has 74 valence electrons. The number of thiophene rings is 1. The van der Waals surface area contributed by atoms with Crippen LogP contribution in [0.3, 0.4) is 0 Å². The van der Waals surface area contributed by atoms with Gasteiger partial charge in [-0.2, -0.15) is 0 Å². The zero-order chi connectivity index (χ0) is 10.1. The summed E-state index contributed by atoms with van der Waals surface area (Å²) in [5.41, 5.74) is 2.60. The van der Waals surface area contributed by atoms with Gasteiger partial charge < -0.3 is 0 Å². The summed E-state index contributed by atoms with van der Waals surface area (Å²) in [6.07, 6.45) is 3.03. The Bertz CT molecular complexity index is 443. The Morgan fingerprint density at radius 2 is 2.21 bits per heavy atom. The lowest BCUT2D eigenvalue weighted by atomic mass is 10.0. The zero-order valence-corrected chi connectivity index (χ0v) is 9.69. The summed E-state index contributed by atoms with van der Waals surface area (Å²) in [7, 11) is 0. The van der Waals surface area contributed by atoms with E-state index in [1.807, 2.05) is 17.5 Å². The van der Waals surface area contributed by atoms with Gasteiger partial charge in [0.1, 0.15) is 0 Å². The first-order valence-electron chi connectivity index (χ1n) is 5.09. The Labute approximate surface area is 88.8 Å². The first-order valence-corrected chi connectivity index (χ1v) is 5.91. The molecule has 0 radical (unpaired) electrons. The summed E-state index contributed by atoms with van der Waals surface area (Å²) in [4.78, 5) is 5.83. The lowest BCUT2D eigenvalue weighted by molar-refractivity contribution is 0.876. The summed E-state index contributed by atoms with van der Waals surface area (Å²) in [5.74, 6) is 0.587. The summed E-state index contributed by atoms with van der Waals surface area (Å²) < 4.78 is 1.37. The molecule has 0 saturated carbocycles. The van der Waals surface area contributed by atoms with E-state index in [1.165, 1.54) is 15.1 Å². The minimum absolute atomic E-state index is 0.587. The van der Waals surface area contributed by atoms with Gasteiger partial charge in [-0.3, -0.25) is 4.98 Å². The van der Waals surface area contributed by atoms with Crippen LogP contribution in [0.15, 0.2) is 18.3 Å². The maximum atomic E-state index is 4.40. The van der Waals surface area contributed by atoms with Crippen LogP contribution in [0.5, 0.6) is 0 Å². The monoisotopic (exact) mass is 205 g/mol. The van der Waals surface area contributed by atoms with Crippen LogP contribution in [0.4, 0.5) is 0 Å². The van der Waals surface area contributed by atoms with Gasteiger partial charge in [0.25, 0.3) is 0 Å². The molecule has 0 saturated heterocycles. The second-order valence-corrected chi connectivity index (χ2v) is 4.97. The number of hydrogen-bond acceptors (Lipinski definition) is 2. The van der Waals surface area contributed by atoms with Crippen molar-refractivity contribution in [3.05, 3.63) is 28.8 Å². The largest absolute Gasteiger partial charge is 0.255 e. The van der Waals surface area contributed by atoms with Crippen molar-refractivity contribution in [2.24, 2.45) is 0 Å². The van der Waals surface area contributed by atoms with Crippen LogP contribution >= 0.6 is 11.3 Å². The Morgan fingerprint density at radius 1 is 1.43 bits per heavy atom. The van der Waals surface area contributed by atoms with Gasteiger partial charge in [0, 0.05) is 11.1 Å². The van der Waals surface area contributed by atoms with Crippen LogP contribution in [0, 0.1) is 0 Å². The highest BCUT2D eigenvalue weighted by Gasteiger charge is 2.08. The van der Waals surface area contributed by atoms with Gasteiger partial charge in [-0.15, -0.1) is 11.3 Å². The van der Waals surface area contributed by atoms with Gasteiger partial charge >= 0.3 is 0 Å². The average molecular weight is 205 g/mol. The lowest BCUT2D eigenvalue weighted by Gasteiger charge is -2.04. The fourth-order valence-electron chi connectivity index (χ4n) is 1.64. The lowest BCUT2D eigenvalue weighted by Crippen LogP contribution is -1.87. The van der Waals surface area contributed by atoms with Gasteiger partial charge in [0.05, 0.1) is 10.2 Å². The summed E-state index contributed by atoms with van der Waals surface area (Å²) in [6, 6.07) is 4.36. The molecule has 0 atom stereocenters. The molecule has 2 heteroatoms. The highest BCUT2D eigenvalue weighted by atomic mass is 32.1. The van der Waals surface area contributed by atoms with Crippen molar-refractivity contribution in [2.45, 2.75) is 33.1 Å². The molecule has 0 bridgehead atoms. The van der Waals surface area contributed by atoms with Crippen LogP contribution in [0.25, 0.3) is 10.2 Å². The molecule has 0 aliphatic carbocycles. The number of rotatable bonds is 2. The van der Waals surface area contributed by atoms with E-state index in [0.29, 0.717) is 5.92 Å². The van der Waals surface area contributed by atoms with E-state index >= 15 is 0 Å². The number of aryl methyl sites for hydroxylation is 1. The number of nitrogens with zero attached hydrogens (tertiary/aromatic N) is 1. The van der Waals surface area contributed by atoms with Crippen molar-refractivity contribution in [2.75, 3.05) is 0 Å². The molecule has 14 heavy (non-hydrogen) atoms. The van der Waals surface area contributed by atoms with Crippen molar-refractivity contribution >= 4 is 21.6 Å². The summed E-state index contributed by atoms with van der Waals surface area (Å²) in [6.45, 7) is 6.67. The van der Waals surface area contributed by atoms with Gasteiger partial charge in [0.2, 0.25) is 0 Å². The van der Waals surface area contributed by atoms with Crippen LogP contribution < -0.4 is 0 Å². The standard InChI is InChI=1S/C12H15NS/c1-4-9-7-11-12(14-9)10(8(2)3)5-6-13-11/h5-8H,4H2,1-3H3. The smallest absolute Gasteiger partial charge is 0.0815 e. The van der Waals surface area contributed by atoms with Crippen LogP contribution in [-0.2, 0) is 6.42 Å². The zero-order valence-electron chi connectivity index (χ0n) is 8.87. The number of hydrogen-bond donors (Lipinski definition) is 0. The van der Waals surface area contributed by atoms with Gasteiger partial charge in [-0.25, -0.2) is 0 Å². The molecule has 0 aromatic carbocycles. The van der Waals surface area contributed by atoms with Gasteiger partial charge in [-0.1, -0.05) is 20.8 Å². The fourth-order valence-corrected chi connectivity index (χ4v) is 2.85. The van der Waals surface area contributed by atoms with E-state index < -0.39 is 0 Å². The highest BCUT2D eigenvalue weighted by Crippen LogP contribution is 2.31. The molecular formula is C12H15NS. The van der Waals surface area contributed by atoms with E-state index in [1.54, 1.807) is 0 Å². The minimum atomic E-state index is 0.587. The van der Waals surface area contributed by atoms with Crippen molar-refractivity contribution in [3.8, 4) is 0 Å². The van der Waals surface area contributed by atoms with Crippen LogP contribution in [-0.4, -0.2) is 4.98 Å². The van der Waals surface area contributed by atoms with Crippen LogP contribution in [0.1, 0.15) is 37.1 Å². The molecule has 2 aromatic rings. The molecule has 0 amide bonds. The Morgan fingerprint density at radius 3 is 2.86 bits per heavy atom. The molecule has 0 N–H and O–H groups in total. The van der Waals surface area contributed by atoms with Gasteiger partial charge in [0.15, 0.2) is 0 Å². The highest BCUT2D eigenvalue weighted by molar-refractivity contribution is 7.19. The fraction of sp³-hybridized carbons (Fsp3) is 0.417. The maximum absolute atomic E-state index is 4.40. The molecular weight excluding hydrogens is 190 g/mol. The maximum Gasteiger partial charge on any atom is 0.0815 e. The third-order valence-corrected chi connectivity index (χ3v) is 3.78. The molecule has 0 aliphatic heterocycles. The molecule has 0 unspecified atom stereocenters. The van der Waals surface area contributed by atoms with E-state index in [-0.39, 0.29) is 0 Å². The number of pyridine rings is 1.